The second-order valence-corrected chi connectivity index (χ2v) is 6.97. The van der Waals surface area contributed by atoms with Crippen LogP contribution in [0.1, 0.15) is 31.2 Å². The lowest BCUT2D eigenvalue weighted by molar-refractivity contribution is -0.127. The zero-order valence-electron chi connectivity index (χ0n) is 17.6. The highest BCUT2D eigenvalue weighted by Gasteiger charge is 2.18. The predicted molar refractivity (Wildman–Crippen MR) is 127 cm³/mol. The van der Waals surface area contributed by atoms with Gasteiger partial charge in [-0.15, -0.1) is 30.6 Å². The van der Waals surface area contributed by atoms with Crippen LogP contribution in [0.25, 0.3) is 0 Å². The number of benzene rings is 1. The van der Waals surface area contributed by atoms with Crippen LogP contribution < -0.4 is 20.1 Å². The summed E-state index contributed by atoms with van der Waals surface area (Å²) >= 11 is 0. The number of amides is 1. The number of aliphatic imine (C=N–C) groups is 1. The van der Waals surface area contributed by atoms with Crippen LogP contribution in [0, 0.1) is 0 Å². The summed E-state index contributed by atoms with van der Waals surface area (Å²) in [4.78, 5) is 18.0. The predicted octanol–water partition coefficient (Wildman–Crippen LogP) is 2.94. The molecule has 7 nitrogen and oxygen atoms in total. The fourth-order valence-corrected chi connectivity index (χ4v) is 2.91. The highest BCUT2D eigenvalue weighted by molar-refractivity contribution is 14.0. The molecule has 29 heavy (non-hydrogen) atoms. The Morgan fingerprint density at radius 1 is 1.31 bits per heavy atom. The summed E-state index contributed by atoms with van der Waals surface area (Å²) in [5, 5.41) is 6.19. The molecule has 0 spiro atoms. The fraction of sp³-hybridized carbons (Fsp3) is 0.524. The average molecular weight is 516 g/mol. The van der Waals surface area contributed by atoms with Gasteiger partial charge in [0, 0.05) is 32.3 Å². The minimum atomic E-state index is -0.0252. The van der Waals surface area contributed by atoms with Crippen molar-refractivity contribution in [1.29, 1.82) is 0 Å². The van der Waals surface area contributed by atoms with Gasteiger partial charge < -0.3 is 25.0 Å². The first-order valence-corrected chi connectivity index (χ1v) is 9.70. The Hall–Kier alpha value is -1.97. The third-order valence-electron chi connectivity index (χ3n) is 4.60. The maximum Gasteiger partial charge on any atom is 0.241 e. The summed E-state index contributed by atoms with van der Waals surface area (Å²) in [6.45, 7) is 4.86. The van der Waals surface area contributed by atoms with Crippen molar-refractivity contribution >= 4 is 35.8 Å². The van der Waals surface area contributed by atoms with Crippen molar-refractivity contribution in [2.24, 2.45) is 4.99 Å². The van der Waals surface area contributed by atoms with Crippen molar-refractivity contribution in [3.8, 4) is 11.5 Å². The highest BCUT2D eigenvalue weighted by Crippen LogP contribution is 2.30. The molecule has 0 unspecified atom stereocenters. The summed E-state index contributed by atoms with van der Waals surface area (Å²) in [5.74, 6) is 2.10. The van der Waals surface area contributed by atoms with E-state index >= 15 is 0 Å². The van der Waals surface area contributed by atoms with Crippen LogP contribution in [0.5, 0.6) is 11.5 Å². The number of nitrogens with zero attached hydrogens (tertiary/aromatic N) is 2. The van der Waals surface area contributed by atoms with Gasteiger partial charge >= 0.3 is 0 Å². The maximum absolute atomic E-state index is 11.8. The minimum absolute atomic E-state index is 0. The number of guanidine groups is 1. The van der Waals surface area contributed by atoms with E-state index in [9.17, 15) is 4.79 Å². The Kier molecular flexibility index (Phi) is 11.5. The molecular weight excluding hydrogens is 483 g/mol. The molecule has 2 N–H and O–H groups in total. The summed E-state index contributed by atoms with van der Waals surface area (Å²) in [7, 11) is 5.10. The highest BCUT2D eigenvalue weighted by atomic mass is 127. The van der Waals surface area contributed by atoms with Crippen LogP contribution in [-0.4, -0.2) is 57.2 Å². The van der Waals surface area contributed by atoms with Crippen molar-refractivity contribution in [3.05, 3.63) is 36.4 Å². The van der Waals surface area contributed by atoms with Crippen LogP contribution in [-0.2, 0) is 11.3 Å². The SMILES string of the molecule is C=CCNC(=NCc1ccc(OC)cc1OC1CCCC1)NCC(=O)N(C)C.I. The molecule has 0 heterocycles. The largest absolute Gasteiger partial charge is 0.497 e. The third kappa shape index (κ3) is 8.51. The van der Waals surface area contributed by atoms with E-state index < -0.39 is 0 Å². The first kappa shape index (κ1) is 25.1. The fourth-order valence-electron chi connectivity index (χ4n) is 2.91. The summed E-state index contributed by atoms with van der Waals surface area (Å²) < 4.78 is 11.6. The van der Waals surface area contributed by atoms with Gasteiger partial charge in [-0.05, 0) is 37.8 Å². The molecule has 1 saturated carbocycles. The molecule has 1 amide bonds. The molecule has 0 atom stereocenters. The number of carbonyl (C=O) groups is 1. The number of ether oxygens (including phenoxy) is 2. The number of halogens is 1. The van der Waals surface area contributed by atoms with Gasteiger partial charge in [0.05, 0.1) is 26.3 Å². The number of rotatable bonds is 9. The molecule has 1 aromatic carbocycles. The zero-order valence-corrected chi connectivity index (χ0v) is 19.9. The van der Waals surface area contributed by atoms with E-state index in [0.29, 0.717) is 19.0 Å². The lowest BCUT2D eigenvalue weighted by atomic mass is 10.2. The topological polar surface area (TPSA) is 75.2 Å². The summed E-state index contributed by atoms with van der Waals surface area (Å²) in [5.41, 5.74) is 0.978. The maximum atomic E-state index is 11.8. The molecule has 0 aliphatic heterocycles. The summed E-state index contributed by atoms with van der Waals surface area (Å²) in [6, 6.07) is 5.80. The standard InChI is InChI=1S/C21H32N4O3.HI/c1-5-12-22-21(24-15-20(26)25(2)3)23-14-16-10-11-18(27-4)13-19(16)28-17-8-6-7-9-17;/h5,10-11,13,17H,1,6-9,12,14-15H2,2-4H3,(H2,22,23,24);1H. The van der Waals surface area contributed by atoms with E-state index in [1.54, 1.807) is 27.3 Å². The van der Waals surface area contributed by atoms with Crippen molar-refractivity contribution in [2.75, 3.05) is 34.3 Å². The lowest BCUT2D eigenvalue weighted by Crippen LogP contribution is -2.43. The number of carbonyl (C=O) groups excluding carboxylic acids is 1. The molecule has 162 valence electrons. The van der Waals surface area contributed by atoms with Gasteiger partial charge in [-0.2, -0.15) is 0 Å². The van der Waals surface area contributed by atoms with Gasteiger partial charge in [0.25, 0.3) is 0 Å². The number of hydrogen-bond acceptors (Lipinski definition) is 4. The number of methoxy groups -OCH3 is 1. The molecule has 1 fully saturated rings. The molecule has 8 heteroatoms. The van der Waals surface area contributed by atoms with E-state index in [4.69, 9.17) is 9.47 Å². The zero-order chi connectivity index (χ0) is 20.4. The number of likely N-dealkylation sites (N-methyl/N-ethyl adjacent to an activating group) is 1. The second-order valence-electron chi connectivity index (χ2n) is 6.97. The average Bonchev–Trinajstić information content (AvgIpc) is 3.20. The van der Waals surface area contributed by atoms with Crippen LogP contribution in [0.4, 0.5) is 0 Å². The van der Waals surface area contributed by atoms with E-state index in [0.717, 1.165) is 29.9 Å². The first-order chi connectivity index (χ1) is 13.5. The monoisotopic (exact) mass is 516 g/mol. The van der Waals surface area contributed by atoms with Crippen LogP contribution in [0.3, 0.4) is 0 Å². The van der Waals surface area contributed by atoms with Crippen molar-refractivity contribution < 1.29 is 14.3 Å². The van der Waals surface area contributed by atoms with Crippen LogP contribution in [0.2, 0.25) is 0 Å². The Bertz CT molecular complexity index is 689. The lowest BCUT2D eigenvalue weighted by Gasteiger charge is -2.17. The quantitative estimate of drug-likeness (QED) is 0.229. The Morgan fingerprint density at radius 3 is 2.66 bits per heavy atom. The van der Waals surface area contributed by atoms with Gasteiger partial charge in [-0.1, -0.05) is 6.08 Å². The first-order valence-electron chi connectivity index (χ1n) is 9.70. The van der Waals surface area contributed by atoms with Crippen LogP contribution >= 0.6 is 24.0 Å². The number of nitrogens with one attached hydrogen (secondary N) is 2. The molecule has 2 rings (SSSR count). The van der Waals surface area contributed by atoms with E-state index in [1.165, 1.54) is 17.7 Å². The molecular formula is C21H33IN4O3. The molecule has 1 aliphatic carbocycles. The van der Waals surface area contributed by atoms with Gasteiger partial charge in [-0.25, -0.2) is 4.99 Å². The van der Waals surface area contributed by atoms with Crippen molar-refractivity contribution in [1.82, 2.24) is 15.5 Å². The molecule has 0 bridgehead atoms. The van der Waals surface area contributed by atoms with Crippen LogP contribution in [0.15, 0.2) is 35.8 Å². The van der Waals surface area contributed by atoms with E-state index in [-0.39, 0.29) is 42.5 Å². The Balaban J connectivity index is 0.00000420. The molecule has 1 aliphatic rings. The van der Waals surface area contributed by atoms with E-state index in [1.807, 2.05) is 18.2 Å². The van der Waals surface area contributed by atoms with Crippen molar-refractivity contribution in [2.45, 2.75) is 38.3 Å². The minimum Gasteiger partial charge on any atom is -0.497 e. The molecule has 0 saturated heterocycles. The normalized spacial score (nSPS) is 14.0. The second kappa shape index (κ2) is 13.3. The summed E-state index contributed by atoms with van der Waals surface area (Å²) in [6.07, 6.45) is 6.58. The third-order valence-corrected chi connectivity index (χ3v) is 4.60. The molecule has 0 aromatic heterocycles. The van der Waals surface area contributed by atoms with Gasteiger partial charge in [0.1, 0.15) is 11.5 Å². The smallest absolute Gasteiger partial charge is 0.241 e. The van der Waals surface area contributed by atoms with Gasteiger partial charge in [0.15, 0.2) is 5.96 Å². The number of hydrogen-bond donors (Lipinski definition) is 2. The van der Waals surface area contributed by atoms with Gasteiger partial charge in [0.2, 0.25) is 5.91 Å². The Morgan fingerprint density at radius 2 is 2.03 bits per heavy atom. The Labute approximate surface area is 190 Å². The molecule has 1 aromatic rings. The van der Waals surface area contributed by atoms with E-state index in [2.05, 4.69) is 22.2 Å². The van der Waals surface area contributed by atoms with Gasteiger partial charge in [-0.3, -0.25) is 4.79 Å². The molecule has 0 radical (unpaired) electrons. The van der Waals surface area contributed by atoms with Crippen molar-refractivity contribution in [3.63, 3.8) is 0 Å².